The molecule has 0 aliphatic carbocycles. The lowest BCUT2D eigenvalue weighted by molar-refractivity contribution is 0.0523. The molecule has 0 aliphatic rings. The van der Waals surface area contributed by atoms with Crippen LogP contribution in [0.5, 0.6) is 5.75 Å². The van der Waals surface area contributed by atoms with Gasteiger partial charge in [0.25, 0.3) is 0 Å². The van der Waals surface area contributed by atoms with Gasteiger partial charge in [-0.05, 0) is 42.3 Å². The van der Waals surface area contributed by atoms with Crippen LogP contribution in [0.15, 0.2) is 42.7 Å². The fourth-order valence-electron chi connectivity index (χ4n) is 1.80. The zero-order valence-electron chi connectivity index (χ0n) is 10.9. The molecule has 0 unspecified atom stereocenters. The van der Waals surface area contributed by atoms with Crippen LogP contribution in [0.25, 0.3) is 11.1 Å². The van der Waals surface area contributed by atoms with E-state index >= 15 is 0 Å². The molecule has 19 heavy (non-hydrogen) atoms. The fourth-order valence-corrected chi connectivity index (χ4v) is 1.80. The maximum Gasteiger partial charge on any atom is 0.341 e. The Hall–Kier alpha value is -2.36. The van der Waals surface area contributed by atoms with Gasteiger partial charge in [0.1, 0.15) is 11.3 Å². The van der Waals surface area contributed by atoms with E-state index in [0.29, 0.717) is 17.9 Å². The minimum atomic E-state index is -0.379. The second-order valence-corrected chi connectivity index (χ2v) is 3.87. The Morgan fingerprint density at radius 3 is 2.53 bits per heavy atom. The van der Waals surface area contributed by atoms with Crippen LogP contribution in [-0.2, 0) is 4.74 Å². The molecular formula is C15H15NO3. The third kappa shape index (κ3) is 2.91. The molecule has 0 saturated carbocycles. The van der Waals surface area contributed by atoms with Crippen LogP contribution < -0.4 is 4.74 Å². The Kier molecular flexibility index (Phi) is 4.13. The summed E-state index contributed by atoms with van der Waals surface area (Å²) in [6.45, 7) is 2.11. The third-order valence-electron chi connectivity index (χ3n) is 2.71. The molecule has 98 valence electrons. The van der Waals surface area contributed by atoms with Crippen molar-refractivity contribution in [3.63, 3.8) is 0 Å². The molecular weight excluding hydrogens is 242 g/mol. The molecule has 0 spiro atoms. The number of pyridine rings is 1. The highest BCUT2D eigenvalue weighted by Gasteiger charge is 2.14. The Morgan fingerprint density at radius 1 is 1.16 bits per heavy atom. The number of hydrogen-bond donors (Lipinski definition) is 0. The molecule has 0 N–H and O–H groups in total. The predicted molar refractivity (Wildman–Crippen MR) is 72.2 cm³/mol. The highest BCUT2D eigenvalue weighted by Crippen LogP contribution is 2.26. The molecule has 1 aromatic heterocycles. The summed E-state index contributed by atoms with van der Waals surface area (Å²) in [5, 5.41) is 0. The average Bonchev–Trinajstić information content (AvgIpc) is 2.47. The summed E-state index contributed by atoms with van der Waals surface area (Å²) >= 11 is 0. The van der Waals surface area contributed by atoms with Crippen molar-refractivity contribution >= 4 is 5.97 Å². The molecule has 1 aromatic carbocycles. The minimum Gasteiger partial charge on any atom is -0.496 e. The van der Waals surface area contributed by atoms with E-state index in [1.165, 1.54) is 7.11 Å². The first kappa shape index (κ1) is 13.1. The Labute approximate surface area is 112 Å². The van der Waals surface area contributed by atoms with Gasteiger partial charge in [-0.2, -0.15) is 0 Å². The number of carbonyl (C=O) groups excluding carboxylic acids is 1. The third-order valence-corrected chi connectivity index (χ3v) is 2.71. The lowest BCUT2D eigenvalue weighted by Gasteiger charge is -2.10. The summed E-state index contributed by atoms with van der Waals surface area (Å²) in [7, 11) is 1.53. The summed E-state index contributed by atoms with van der Waals surface area (Å²) < 4.78 is 10.2. The standard InChI is InChI=1S/C15H15NO3/c1-3-19-15(17)13-10-12(4-5-14(13)18-2)11-6-8-16-9-7-11/h4-10H,3H2,1-2H3. The Morgan fingerprint density at radius 2 is 1.89 bits per heavy atom. The first-order valence-corrected chi connectivity index (χ1v) is 6.01. The minimum absolute atomic E-state index is 0.335. The quantitative estimate of drug-likeness (QED) is 0.790. The Bertz CT molecular complexity index is 567. The van der Waals surface area contributed by atoms with Crippen LogP contribution in [0.1, 0.15) is 17.3 Å². The van der Waals surface area contributed by atoms with E-state index in [1.54, 1.807) is 31.5 Å². The van der Waals surface area contributed by atoms with E-state index < -0.39 is 0 Å². The average molecular weight is 257 g/mol. The van der Waals surface area contributed by atoms with Crippen LogP contribution in [0.4, 0.5) is 0 Å². The second-order valence-electron chi connectivity index (χ2n) is 3.87. The number of rotatable bonds is 4. The molecule has 1 heterocycles. The van der Waals surface area contributed by atoms with Gasteiger partial charge >= 0.3 is 5.97 Å². The van der Waals surface area contributed by atoms with Crippen molar-refractivity contribution in [1.29, 1.82) is 0 Å². The number of hydrogen-bond acceptors (Lipinski definition) is 4. The molecule has 0 amide bonds. The highest BCUT2D eigenvalue weighted by molar-refractivity contribution is 5.94. The zero-order chi connectivity index (χ0) is 13.7. The summed E-state index contributed by atoms with van der Waals surface area (Å²) in [4.78, 5) is 15.9. The molecule has 0 radical (unpaired) electrons. The van der Waals surface area contributed by atoms with Crippen LogP contribution in [0, 0.1) is 0 Å². The second kappa shape index (κ2) is 6.00. The zero-order valence-corrected chi connectivity index (χ0v) is 10.9. The fraction of sp³-hybridized carbons (Fsp3) is 0.200. The molecule has 2 aromatic rings. The summed E-state index contributed by atoms with van der Waals surface area (Å²) in [5.41, 5.74) is 2.34. The summed E-state index contributed by atoms with van der Waals surface area (Å²) in [5.74, 6) is 0.131. The van der Waals surface area contributed by atoms with E-state index in [1.807, 2.05) is 18.2 Å². The van der Waals surface area contributed by atoms with Gasteiger partial charge in [-0.15, -0.1) is 0 Å². The topological polar surface area (TPSA) is 48.4 Å². The van der Waals surface area contributed by atoms with Crippen LogP contribution in [-0.4, -0.2) is 24.7 Å². The van der Waals surface area contributed by atoms with Crippen molar-refractivity contribution in [1.82, 2.24) is 4.98 Å². The molecule has 2 rings (SSSR count). The predicted octanol–water partition coefficient (Wildman–Crippen LogP) is 2.93. The van der Waals surface area contributed by atoms with Crippen LogP contribution in [0.2, 0.25) is 0 Å². The van der Waals surface area contributed by atoms with Crippen molar-refractivity contribution in [2.45, 2.75) is 6.92 Å². The summed E-state index contributed by atoms with van der Waals surface area (Å²) in [6.07, 6.45) is 3.42. The van der Waals surface area contributed by atoms with E-state index in [4.69, 9.17) is 9.47 Å². The lowest BCUT2D eigenvalue weighted by atomic mass is 10.0. The van der Waals surface area contributed by atoms with E-state index in [-0.39, 0.29) is 5.97 Å². The molecule has 0 aliphatic heterocycles. The van der Waals surface area contributed by atoms with Gasteiger partial charge in [-0.1, -0.05) is 6.07 Å². The SMILES string of the molecule is CCOC(=O)c1cc(-c2ccncc2)ccc1OC. The molecule has 4 nitrogen and oxygen atoms in total. The van der Waals surface area contributed by atoms with E-state index in [2.05, 4.69) is 4.98 Å². The largest absolute Gasteiger partial charge is 0.496 e. The normalized spacial score (nSPS) is 10.0. The highest BCUT2D eigenvalue weighted by atomic mass is 16.5. The smallest absolute Gasteiger partial charge is 0.341 e. The number of methoxy groups -OCH3 is 1. The van der Waals surface area contributed by atoms with Crippen molar-refractivity contribution < 1.29 is 14.3 Å². The van der Waals surface area contributed by atoms with E-state index in [9.17, 15) is 4.79 Å². The summed E-state index contributed by atoms with van der Waals surface area (Å²) in [6, 6.07) is 9.21. The number of carbonyl (C=O) groups is 1. The van der Waals surface area contributed by atoms with Gasteiger partial charge in [0.05, 0.1) is 13.7 Å². The van der Waals surface area contributed by atoms with Crippen molar-refractivity contribution in [2.75, 3.05) is 13.7 Å². The lowest BCUT2D eigenvalue weighted by Crippen LogP contribution is -2.06. The maximum absolute atomic E-state index is 11.9. The van der Waals surface area contributed by atoms with Crippen molar-refractivity contribution in [2.24, 2.45) is 0 Å². The molecule has 4 heteroatoms. The number of esters is 1. The number of benzene rings is 1. The van der Waals surface area contributed by atoms with Gasteiger partial charge in [0, 0.05) is 12.4 Å². The van der Waals surface area contributed by atoms with Gasteiger partial charge in [-0.25, -0.2) is 4.79 Å². The first-order chi connectivity index (χ1) is 9.26. The van der Waals surface area contributed by atoms with Gasteiger partial charge in [0.15, 0.2) is 0 Å². The Balaban J connectivity index is 2.44. The molecule has 0 atom stereocenters. The van der Waals surface area contributed by atoms with Gasteiger partial charge in [-0.3, -0.25) is 4.98 Å². The number of ether oxygens (including phenoxy) is 2. The van der Waals surface area contributed by atoms with Gasteiger partial charge < -0.3 is 9.47 Å². The van der Waals surface area contributed by atoms with Gasteiger partial charge in [0.2, 0.25) is 0 Å². The van der Waals surface area contributed by atoms with E-state index in [0.717, 1.165) is 11.1 Å². The molecule has 0 fully saturated rings. The van der Waals surface area contributed by atoms with Crippen molar-refractivity contribution in [3.05, 3.63) is 48.3 Å². The number of aromatic nitrogens is 1. The van der Waals surface area contributed by atoms with Crippen LogP contribution in [0.3, 0.4) is 0 Å². The molecule has 0 bridgehead atoms. The molecule has 0 saturated heterocycles. The number of nitrogens with zero attached hydrogens (tertiary/aromatic N) is 1. The first-order valence-electron chi connectivity index (χ1n) is 6.01. The van der Waals surface area contributed by atoms with Crippen LogP contribution >= 0.6 is 0 Å². The van der Waals surface area contributed by atoms with Crippen molar-refractivity contribution in [3.8, 4) is 16.9 Å². The monoisotopic (exact) mass is 257 g/mol. The maximum atomic E-state index is 11.9.